The van der Waals surface area contributed by atoms with Gasteiger partial charge in [-0.05, 0) is 51.2 Å². The highest BCUT2D eigenvalue weighted by Gasteiger charge is 2.77. The van der Waals surface area contributed by atoms with Crippen LogP contribution in [-0.4, -0.2) is 69.6 Å². The zero-order chi connectivity index (χ0) is 26.8. The van der Waals surface area contributed by atoms with Gasteiger partial charge in [-0.15, -0.1) is 24.9 Å². The van der Waals surface area contributed by atoms with Crippen LogP contribution in [-0.2, 0) is 19.1 Å². The molecule has 0 radical (unpaired) electrons. The molecule has 3 saturated heterocycles. The van der Waals surface area contributed by atoms with E-state index in [0.29, 0.717) is 49.4 Å². The van der Waals surface area contributed by atoms with Gasteiger partial charge in [-0.25, -0.2) is 0 Å². The molecule has 3 aliphatic heterocycles. The molecule has 1 aromatic carbocycles. The van der Waals surface area contributed by atoms with Crippen molar-refractivity contribution in [3.63, 3.8) is 0 Å². The number of anilines is 1. The van der Waals surface area contributed by atoms with E-state index in [1.54, 1.807) is 51.9 Å². The number of ether oxygens (including phenoxy) is 1. The van der Waals surface area contributed by atoms with Crippen molar-refractivity contribution >= 4 is 46.8 Å². The molecule has 0 aromatic heterocycles. The number of esters is 1. The minimum Gasteiger partial charge on any atom is -0.465 e. The number of aliphatic hydroxyl groups excluding tert-OH is 1. The molecule has 0 saturated carbocycles. The fraction of sp³-hybridized carbons (Fsp3) is 0.536. The number of carbonyl (C=O) groups excluding carboxylic acids is 3. The predicted octanol–water partition coefficient (Wildman–Crippen LogP) is 4.23. The molecule has 2 unspecified atom stereocenters. The Morgan fingerprint density at radius 2 is 2.03 bits per heavy atom. The maximum absolute atomic E-state index is 14.4. The van der Waals surface area contributed by atoms with Crippen molar-refractivity contribution in [2.75, 3.05) is 31.2 Å². The molecule has 0 aliphatic carbocycles. The van der Waals surface area contributed by atoms with Gasteiger partial charge in [0, 0.05) is 24.4 Å². The Hall–Kier alpha value is -2.29. The lowest BCUT2D eigenvalue weighted by atomic mass is 9.66. The van der Waals surface area contributed by atoms with Crippen molar-refractivity contribution in [2.24, 2.45) is 11.8 Å². The van der Waals surface area contributed by atoms with E-state index in [9.17, 15) is 19.5 Å². The summed E-state index contributed by atoms with van der Waals surface area (Å²) in [7, 11) is 0. The predicted molar refractivity (Wildman–Crippen MR) is 147 cm³/mol. The van der Waals surface area contributed by atoms with Crippen LogP contribution in [0.15, 0.2) is 49.6 Å². The van der Waals surface area contributed by atoms with E-state index in [1.165, 1.54) is 0 Å². The normalized spacial score (nSPS) is 29.8. The average molecular weight is 547 g/mol. The second-order valence-electron chi connectivity index (χ2n) is 10.1. The smallest absolute Gasteiger partial charge is 0.311 e. The topological polar surface area (TPSA) is 87.1 Å². The summed E-state index contributed by atoms with van der Waals surface area (Å²) in [6, 6.07) is 6.36. The molecule has 2 amide bonds. The van der Waals surface area contributed by atoms with Crippen LogP contribution >= 0.6 is 23.4 Å². The minimum atomic E-state index is -0.766. The van der Waals surface area contributed by atoms with Gasteiger partial charge in [0.1, 0.15) is 6.04 Å². The van der Waals surface area contributed by atoms with Crippen molar-refractivity contribution in [3.05, 3.63) is 54.6 Å². The highest BCUT2D eigenvalue weighted by molar-refractivity contribution is 8.02. The van der Waals surface area contributed by atoms with Gasteiger partial charge < -0.3 is 19.6 Å². The van der Waals surface area contributed by atoms with Gasteiger partial charge in [-0.3, -0.25) is 14.4 Å². The number of hydrogen-bond donors (Lipinski definition) is 1. The molecule has 37 heavy (non-hydrogen) atoms. The Morgan fingerprint density at radius 3 is 2.70 bits per heavy atom. The largest absolute Gasteiger partial charge is 0.465 e. The van der Waals surface area contributed by atoms with Crippen molar-refractivity contribution in [1.82, 2.24) is 4.90 Å². The van der Waals surface area contributed by atoms with Crippen LogP contribution < -0.4 is 4.90 Å². The van der Waals surface area contributed by atoms with Crippen molar-refractivity contribution < 1.29 is 24.2 Å². The fourth-order valence-electron chi connectivity index (χ4n) is 6.28. The van der Waals surface area contributed by atoms with Crippen LogP contribution in [0.4, 0.5) is 5.69 Å². The maximum Gasteiger partial charge on any atom is 0.311 e. The standard InChI is InChI=1S/C28H35ClN2O5S/c1-4-6-18-36-26(35)22-21-24(33)31(16-9-10-17-32)23(28(21)14-13-27(22,3)37-28)25(34)30(15-5-2)20-12-8-7-11-19(20)29/h4-5,7-8,11-12,21-23,32H,1-2,6,9-10,13-18H2,3H3/t21-,22-,23?,27+,28?/m0/s1. The number of rotatable bonds is 12. The number of likely N-dealkylation sites (tertiary alicyclic amines) is 1. The minimum absolute atomic E-state index is 0.00248. The first-order chi connectivity index (χ1) is 17.8. The summed E-state index contributed by atoms with van der Waals surface area (Å²) in [5.74, 6) is -2.07. The van der Waals surface area contributed by atoms with Gasteiger partial charge in [0.15, 0.2) is 0 Å². The number of thioether (sulfide) groups is 1. The van der Waals surface area contributed by atoms with E-state index in [1.807, 2.05) is 13.0 Å². The molecule has 1 spiro atoms. The Bertz CT molecular complexity index is 1080. The number of halogens is 1. The third kappa shape index (κ3) is 4.72. The Balaban J connectivity index is 1.75. The van der Waals surface area contributed by atoms with E-state index < -0.39 is 27.4 Å². The summed E-state index contributed by atoms with van der Waals surface area (Å²) < 4.78 is 4.35. The van der Waals surface area contributed by atoms with Gasteiger partial charge in [-0.1, -0.05) is 35.9 Å². The number of unbranched alkanes of at least 4 members (excludes halogenated alkanes) is 1. The van der Waals surface area contributed by atoms with E-state index in [2.05, 4.69) is 13.2 Å². The van der Waals surface area contributed by atoms with E-state index in [0.717, 1.165) is 0 Å². The lowest BCUT2D eigenvalue weighted by Crippen LogP contribution is -2.55. The van der Waals surface area contributed by atoms with Gasteiger partial charge in [-0.2, -0.15) is 0 Å². The number of benzene rings is 1. The number of para-hydroxylation sites is 1. The average Bonchev–Trinajstić information content (AvgIpc) is 3.44. The van der Waals surface area contributed by atoms with Gasteiger partial charge in [0.05, 0.1) is 33.9 Å². The molecule has 2 bridgehead atoms. The third-order valence-corrected chi connectivity index (χ3v) is 10.2. The van der Waals surface area contributed by atoms with Gasteiger partial charge in [0.25, 0.3) is 5.91 Å². The van der Waals surface area contributed by atoms with Crippen LogP contribution in [0.1, 0.15) is 39.0 Å². The summed E-state index contributed by atoms with van der Waals surface area (Å²) in [6.45, 7) is 10.3. The van der Waals surface area contributed by atoms with Gasteiger partial charge >= 0.3 is 5.97 Å². The highest BCUT2D eigenvalue weighted by atomic mass is 35.5. The summed E-state index contributed by atoms with van der Waals surface area (Å²) in [5, 5.41) is 9.79. The van der Waals surface area contributed by atoms with Crippen molar-refractivity contribution in [1.29, 1.82) is 0 Å². The molecule has 3 heterocycles. The second kappa shape index (κ2) is 11.2. The van der Waals surface area contributed by atoms with Crippen LogP contribution in [0.25, 0.3) is 0 Å². The Kier molecular flexibility index (Phi) is 8.41. The molecule has 200 valence electrons. The molecular formula is C28H35ClN2O5S. The number of nitrogens with zero attached hydrogens (tertiary/aromatic N) is 2. The molecule has 5 atom stereocenters. The lowest BCUT2D eigenvalue weighted by Gasteiger charge is -2.37. The molecular weight excluding hydrogens is 512 g/mol. The summed E-state index contributed by atoms with van der Waals surface area (Å²) in [5.41, 5.74) is 0.556. The molecule has 1 N–H and O–H groups in total. The SMILES string of the molecule is C=CCCOC(=O)[C@@H]1[C@H]2C(=O)N(CCCCO)C(C(=O)N(CC=C)c3ccccc3Cl)C23CC[C@@]1(C)S3. The zero-order valence-corrected chi connectivity index (χ0v) is 22.8. The molecule has 1 aromatic rings. The number of carbonyl (C=O) groups is 3. The molecule has 3 fully saturated rings. The van der Waals surface area contributed by atoms with Crippen LogP contribution in [0.2, 0.25) is 5.02 Å². The van der Waals surface area contributed by atoms with E-state index in [-0.39, 0.29) is 37.5 Å². The second-order valence-corrected chi connectivity index (χ2v) is 12.4. The number of aliphatic hydroxyl groups is 1. The van der Waals surface area contributed by atoms with Gasteiger partial charge in [0.2, 0.25) is 5.91 Å². The van der Waals surface area contributed by atoms with Crippen molar-refractivity contribution in [3.8, 4) is 0 Å². The van der Waals surface area contributed by atoms with Crippen LogP contribution in [0.5, 0.6) is 0 Å². The lowest BCUT2D eigenvalue weighted by molar-refractivity contribution is -0.155. The monoisotopic (exact) mass is 546 g/mol. The van der Waals surface area contributed by atoms with Crippen molar-refractivity contribution in [2.45, 2.75) is 54.6 Å². The fourth-order valence-corrected chi connectivity index (χ4v) is 8.86. The number of fused-ring (bicyclic) bond motifs is 1. The number of amides is 2. The van der Waals surface area contributed by atoms with E-state index in [4.69, 9.17) is 16.3 Å². The van der Waals surface area contributed by atoms with Crippen LogP contribution in [0, 0.1) is 11.8 Å². The summed E-state index contributed by atoms with van der Waals surface area (Å²) in [6.07, 6.45) is 6.30. The highest BCUT2D eigenvalue weighted by Crippen LogP contribution is 2.71. The van der Waals surface area contributed by atoms with E-state index >= 15 is 0 Å². The Labute approximate surface area is 227 Å². The Morgan fingerprint density at radius 1 is 1.27 bits per heavy atom. The summed E-state index contributed by atoms with van der Waals surface area (Å²) in [4.78, 5) is 45.1. The maximum atomic E-state index is 14.4. The molecule has 4 rings (SSSR count). The number of hydrogen-bond acceptors (Lipinski definition) is 6. The molecule has 9 heteroatoms. The summed E-state index contributed by atoms with van der Waals surface area (Å²) >= 11 is 8.10. The first-order valence-corrected chi connectivity index (χ1v) is 14.0. The quantitative estimate of drug-likeness (QED) is 0.240. The first kappa shape index (κ1) is 27.7. The molecule has 7 nitrogen and oxygen atoms in total. The molecule has 3 aliphatic rings. The zero-order valence-electron chi connectivity index (χ0n) is 21.2. The third-order valence-electron chi connectivity index (χ3n) is 7.86. The van der Waals surface area contributed by atoms with Crippen LogP contribution in [0.3, 0.4) is 0 Å². The first-order valence-electron chi connectivity index (χ1n) is 12.8.